The van der Waals surface area contributed by atoms with Crippen molar-refractivity contribution in [3.63, 3.8) is 0 Å². The van der Waals surface area contributed by atoms with Crippen LogP contribution in [0.3, 0.4) is 0 Å². The fourth-order valence-corrected chi connectivity index (χ4v) is 4.20. The first-order valence-corrected chi connectivity index (χ1v) is 13.3. The molecule has 210 valence electrons. The highest BCUT2D eigenvalue weighted by atomic mass is 16.6. The molecule has 2 aromatic rings. The molecule has 3 rings (SSSR count). The van der Waals surface area contributed by atoms with Crippen molar-refractivity contribution in [1.29, 1.82) is 0 Å². The van der Waals surface area contributed by atoms with E-state index in [2.05, 4.69) is 25.7 Å². The van der Waals surface area contributed by atoms with Crippen LogP contribution in [0.1, 0.15) is 19.8 Å². The van der Waals surface area contributed by atoms with Crippen LogP contribution in [0, 0.1) is 5.92 Å². The lowest BCUT2D eigenvalue weighted by molar-refractivity contribution is -0.125. The molecule has 0 bridgehead atoms. The first-order chi connectivity index (χ1) is 18.6. The van der Waals surface area contributed by atoms with E-state index in [4.69, 9.17) is 18.9 Å². The Hall–Kier alpha value is -2.99. The van der Waals surface area contributed by atoms with Crippen LogP contribution in [0.5, 0.6) is 5.75 Å². The summed E-state index contributed by atoms with van der Waals surface area (Å²) in [6.45, 7) is 8.22. The van der Waals surface area contributed by atoms with Crippen molar-refractivity contribution in [1.82, 2.24) is 15.5 Å². The van der Waals surface area contributed by atoms with Crippen LogP contribution >= 0.6 is 0 Å². The molecule has 38 heavy (non-hydrogen) atoms. The Morgan fingerprint density at radius 3 is 2.24 bits per heavy atom. The van der Waals surface area contributed by atoms with Gasteiger partial charge in [-0.1, -0.05) is 12.1 Å². The maximum absolute atomic E-state index is 12.6. The second kappa shape index (κ2) is 16.8. The molecule has 11 heteroatoms. The van der Waals surface area contributed by atoms with Gasteiger partial charge in [0, 0.05) is 44.8 Å². The summed E-state index contributed by atoms with van der Waals surface area (Å²) in [4.78, 5) is 14.9. The highest BCUT2D eigenvalue weighted by Crippen LogP contribution is 2.33. The first kappa shape index (κ1) is 29.6. The zero-order valence-electron chi connectivity index (χ0n) is 22.5. The Balaban J connectivity index is 1.32. The van der Waals surface area contributed by atoms with Crippen LogP contribution in [-0.2, 0) is 23.7 Å². The van der Waals surface area contributed by atoms with E-state index in [1.165, 1.54) is 0 Å². The number of aromatic nitrogens is 2. The van der Waals surface area contributed by atoms with Gasteiger partial charge in [0.2, 0.25) is 5.91 Å². The Labute approximate surface area is 224 Å². The Morgan fingerprint density at radius 2 is 1.61 bits per heavy atom. The Morgan fingerprint density at radius 1 is 0.974 bits per heavy atom. The van der Waals surface area contributed by atoms with Gasteiger partial charge < -0.3 is 39.6 Å². The van der Waals surface area contributed by atoms with E-state index in [-0.39, 0.29) is 17.6 Å². The molecule has 1 aromatic heterocycles. The predicted octanol–water partition coefficient (Wildman–Crippen LogP) is 2.31. The molecule has 1 fully saturated rings. The van der Waals surface area contributed by atoms with E-state index in [0.29, 0.717) is 76.5 Å². The maximum Gasteiger partial charge on any atom is 0.223 e. The van der Waals surface area contributed by atoms with Crippen molar-refractivity contribution in [3.8, 4) is 17.0 Å². The van der Waals surface area contributed by atoms with Crippen LogP contribution in [0.25, 0.3) is 11.3 Å². The summed E-state index contributed by atoms with van der Waals surface area (Å²) >= 11 is 0. The number of carbonyl (C=O) groups excluding carboxylic acids is 1. The lowest BCUT2D eigenvalue weighted by Gasteiger charge is -2.33. The average Bonchev–Trinajstić information content (AvgIpc) is 2.95. The van der Waals surface area contributed by atoms with Gasteiger partial charge in [-0.15, -0.1) is 10.2 Å². The van der Waals surface area contributed by atoms with Crippen LogP contribution < -0.4 is 15.5 Å². The quantitative estimate of drug-likeness (QED) is 0.262. The molecule has 1 amide bonds. The monoisotopic (exact) mass is 531 g/mol. The second-order valence-corrected chi connectivity index (χ2v) is 8.82. The fraction of sp³-hybridized carbons (Fsp3) is 0.593. The number of carbonyl (C=O) groups is 1. The molecule has 3 N–H and O–H groups in total. The van der Waals surface area contributed by atoms with E-state index < -0.39 is 0 Å². The van der Waals surface area contributed by atoms with Gasteiger partial charge in [0.25, 0.3) is 0 Å². The number of benzene rings is 1. The minimum Gasteiger partial charge on any atom is -0.507 e. The summed E-state index contributed by atoms with van der Waals surface area (Å²) in [6.07, 6.45) is 1.48. The smallest absolute Gasteiger partial charge is 0.223 e. The van der Waals surface area contributed by atoms with Gasteiger partial charge >= 0.3 is 0 Å². The van der Waals surface area contributed by atoms with E-state index >= 15 is 0 Å². The van der Waals surface area contributed by atoms with Gasteiger partial charge in [0.05, 0.1) is 57.6 Å². The maximum atomic E-state index is 12.6. The van der Waals surface area contributed by atoms with Crippen LogP contribution in [0.2, 0.25) is 0 Å². The minimum atomic E-state index is -0.0391. The fourth-order valence-electron chi connectivity index (χ4n) is 4.20. The van der Waals surface area contributed by atoms with Crippen molar-refractivity contribution < 1.29 is 28.8 Å². The van der Waals surface area contributed by atoms with Crippen molar-refractivity contribution in [3.05, 3.63) is 30.3 Å². The number of nitrogens with zero attached hydrogens (tertiary/aromatic N) is 3. The number of piperidine rings is 1. The van der Waals surface area contributed by atoms with Crippen LogP contribution in [0.15, 0.2) is 30.3 Å². The number of phenolic OH excluding ortho intramolecular Hbond substituents is 1. The summed E-state index contributed by atoms with van der Waals surface area (Å²) in [5, 5.41) is 24.9. The second-order valence-electron chi connectivity index (χ2n) is 8.82. The molecule has 0 atom stereocenters. The third-order valence-corrected chi connectivity index (χ3v) is 6.26. The number of anilines is 2. The number of phenols is 1. The number of hydrogen-bond donors (Lipinski definition) is 3. The zero-order valence-corrected chi connectivity index (χ0v) is 22.5. The van der Waals surface area contributed by atoms with E-state index in [1.807, 2.05) is 25.1 Å². The molecule has 11 nitrogen and oxygen atoms in total. The number of rotatable bonds is 17. The van der Waals surface area contributed by atoms with E-state index in [1.54, 1.807) is 19.2 Å². The number of ether oxygens (including phenoxy) is 4. The molecule has 1 saturated heterocycles. The molecule has 1 aliphatic rings. The number of nitrogens with one attached hydrogen (secondary N) is 2. The summed E-state index contributed by atoms with van der Waals surface area (Å²) in [5.74, 6) is 0.853. The minimum absolute atomic E-state index is 0.0391. The van der Waals surface area contributed by atoms with Gasteiger partial charge in [0.1, 0.15) is 5.75 Å². The molecular weight excluding hydrogens is 490 g/mol. The average molecular weight is 532 g/mol. The third kappa shape index (κ3) is 9.39. The standard InChI is InChI=1S/C27H41N5O6/c1-3-35-14-15-37-18-19-38-17-16-36-13-10-29-27(34)21-8-11-32(12-9-21)24-20-23(30-31-26(24)28-2)22-6-4-5-7-25(22)33/h4-7,20-21,33H,3,8-19H2,1-2H3,(H,28,31)(H,29,34). The molecule has 1 aliphatic heterocycles. The van der Waals surface area contributed by atoms with Gasteiger partial charge in [-0.05, 0) is 38.0 Å². The van der Waals surface area contributed by atoms with Crippen molar-refractivity contribution in [2.45, 2.75) is 19.8 Å². The van der Waals surface area contributed by atoms with Gasteiger partial charge in [-0.25, -0.2) is 0 Å². The summed E-state index contributed by atoms with van der Waals surface area (Å²) in [5.41, 5.74) is 2.15. The number of amides is 1. The molecule has 0 saturated carbocycles. The summed E-state index contributed by atoms with van der Waals surface area (Å²) < 4.78 is 21.6. The Kier molecular flexibility index (Phi) is 13.0. The van der Waals surface area contributed by atoms with Gasteiger partial charge in [0.15, 0.2) is 5.82 Å². The zero-order chi connectivity index (χ0) is 27.0. The number of para-hydroxylation sites is 1. The molecule has 2 heterocycles. The van der Waals surface area contributed by atoms with Gasteiger partial charge in [-0.3, -0.25) is 4.79 Å². The summed E-state index contributed by atoms with van der Waals surface area (Å²) in [7, 11) is 1.81. The van der Waals surface area contributed by atoms with Crippen LogP contribution in [-0.4, -0.2) is 101 Å². The van der Waals surface area contributed by atoms with E-state index in [0.717, 1.165) is 31.6 Å². The lowest BCUT2D eigenvalue weighted by atomic mass is 9.95. The molecular formula is C27H41N5O6. The third-order valence-electron chi connectivity index (χ3n) is 6.26. The molecule has 0 aliphatic carbocycles. The molecule has 0 unspecified atom stereocenters. The number of hydrogen-bond acceptors (Lipinski definition) is 10. The van der Waals surface area contributed by atoms with Gasteiger partial charge in [-0.2, -0.15) is 0 Å². The van der Waals surface area contributed by atoms with Crippen molar-refractivity contribution in [2.75, 3.05) is 89.8 Å². The normalized spacial score (nSPS) is 14.0. The summed E-state index contributed by atoms with van der Waals surface area (Å²) in [6, 6.07) is 9.02. The van der Waals surface area contributed by atoms with Crippen molar-refractivity contribution in [2.24, 2.45) is 5.92 Å². The largest absolute Gasteiger partial charge is 0.507 e. The highest BCUT2D eigenvalue weighted by Gasteiger charge is 2.26. The SMILES string of the molecule is CCOCCOCCOCCOCCNC(=O)C1CCN(c2cc(-c3ccccc3O)nnc2NC)CC1. The highest BCUT2D eigenvalue weighted by molar-refractivity contribution is 5.79. The first-order valence-electron chi connectivity index (χ1n) is 13.3. The van der Waals surface area contributed by atoms with Crippen molar-refractivity contribution >= 4 is 17.4 Å². The number of aromatic hydroxyl groups is 1. The van der Waals surface area contributed by atoms with E-state index in [9.17, 15) is 9.90 Å². The van der Waals surface area contributed by atoms with Crippen LogP contribution in [0.4, 0.5) is 11.5 Å². The predicted molar refractivity (Wildman–Crippen MR) is 146 cm³/mol. The Bertz CT molecular complexity index is 971. The topological polar surface area (TPSA) is 127 Å². The molecule has 0 spiro atoms. The lowest BCUT2D eigenvalue weighted by Crippen LogP contribution is -2.41. The molecule has 0 radical (unpaired) electrons. The molecule has 1 aromatic carbocycles.